The molecule has 1 amide bonds. The molecule has 1 aliphatic heterocycles. The number of hydrogen-bond donors (Lipinski definition) is 0. The van der Waals surface area contributed by atoms with E-state index in [1.54, 1.807) is 6.20 Å². The molecule has 24 heavy (non-hydrogen) atoms. The molecule has 0 bridgehead atoms. The van der Waals surface area contributed by atoms with E-state index in [-0.39, 0.29) is 12.0 Å². The first-order valence-corrected chi connectivity index (χ1v) is 8.16. The fourth-order valence-corrected chi connectivity index (χ4v) is 3.12. The number of pyridine rings is 1. The van der Waals surface area contributed by atoms with Gasteiger partial charge in [-0.2, -0.15) is 0 Å². The third-order valence-electron chi connectivity index (χ3n) is 4.38. The van der Waals surface area contributed by atoms with Gasteiger partial charge in [-0.1, -0.05) is 24.3 Å². The van der Waals surface area contributed by atoms with Crippen molar-refractivity contribution in [3.63, 3.8) is 0 Å². The Morgan fingerprint density at radius 2 is 2.04 bits per heavy atom. The van der Waals surface area contributed by atoms with E-state index < -0.39 is 0 Å². The van der Waals surface area contributed by atoms with Crippen LogP contribution in [-0.4, -0.2) is 39.4 Å². The zero-order valence-electron chi connectivity index (χ0n) is 13.6. The molecule has 1 fully saturated rings. The first-order valence-electron chi connectivity index (χ1n) is 8.16. The van der Waals surface area contributed by atoms with E-state index in [0.29, 0.717) is 18.8 Å². The molecule has 122 valence electrons. The normalized spacial score (nSPS) is 17.4. The van der Waals surface area contributed by atoms with Gasteiger partial charge in [0.05, 0.1) is 6.54 Å². The molecule has 3 heterocycles. The second-order valence-corrected chi connectivity index (χ2v) is 6.14. The number of para-hydroxylation sites is 1. The first kappa shape index (κ1) is 14.8. The van der Waals surface area contributed by atoms with Crippen molar-refractivity contribution in [1.29, 1.82) is 0 Å². The molecular weight excluding hydrogens is 302 g/mol. The predicted octanol–water partition coefficient (Wildman–Crippen LogP) is 2.94. The summed E-state index contributed by atoms with van der Waals surface area (Å²) in [5.74, 6) is 0.817. The van der Waals surface area contributed by atoms with Gasteiger partial charge in [-0.15, -0.1) is 0 Å². The van der Waals surface area contributed by atoms with Gasteiger partial charge in [-0.25, -0.2) is 4.98 Å². The highest BCUT2D eigenvalue weighted by atomic mass is 16.5. The summed E-state index contributed by atoms with van der Waals surface area (Å²) in [4.78, 5) is 19.0. The van der Waals surface area contributed by atoms with Gasteiger partial charge in [0.25, 0.3) is 5.91 Å². The van der Waals surface area contributed by atoms with Crippen molar-refractivity contribution in [3.05, 3.63) is 66.1 Å². The van der Waals surface area contributed by atoms with E-state index in [1.165, 1.54) is 0 Å². The van der Waals surface area contributed by atoms with E-state index >= 15 is 0 Å². The van der Waals surface area contributed by atoms with Crippen molar-refractivity contribution in [1.82, 2.24) is 14.3 Å². The molecule has 1 aromatic carbocycles. The number of hydrogen-bond acceptors (Lipinski definition) is 3. The van der Waals surface area contributed by atoms with Gasteiger partial charge in [-0.3, -0.25) is 4.79 Å². The molecule has 2 aromatic heterocycles. The second-order valence-electron chi connectivity index (χ2n) is 6.14. The van der Waals surface area contributed by atoms with Gasteiger partial charge in [0, 0.05) is 25.4 Å². The van der Waals surface area contributed by atoms with Crippen LogP contribution in [0.4, 0.5) is 0 Å². The minimum absolute atomic E-state index is 0.0303. The fourth-order valence-electron chi connectivity index (χ4n) is 3.12. The third kappa shape index (κ3) is 2.73. The number of likely N-dealkylation sites (tertiary alicyclic amines) is 1. The van der Waals surface area contributed by atoms with Gasteiger partial charge in [-0.05, 0) is 30.7 Å². The monoisotopic (exact) mass is 321 g/mol. The zero-order valence-corrected chi connectivity index (χ0v) is 13.6. The lowest BCUT2D eigenvalue weighted by atomic mass is 10.3. The van der Waals surface area contributed by atoms with Crippen LogP contribution in [0.5, 0.6) is 5.75 Å². The Morgan fingerprint density at radius 3 is 2.83 bits per heavy atom. The highest BCUT2D eigenvalue weighted by Gasteiger charge is 2.29. The van der Waals surface area contributed by atoms with E-state index in [4.69, 9.17) is 4.74 Å². The van der Waals surface area contributed by atoms with Crippen LogP contribution < -0.4 is 4.74 Å². The summed E-state index contributed by atoms with van der Waals surface area (Å²) in [5, 5.41) is 0. The third-order valence-corrected chi connectivity index (χ3v) is 4.38. The Kier molecular flexibility index (Phi) is 3.69. The van der Waals surface area contributed by atoms with E-state index in [0.717, 1.165) is 23.4 Å². The van der Waals surface area contributed by atoms with Gasteiger partial charge in [0.2, 0.25) is 0 Å². The number of aromatic nitrogens is 2. The number of fused-ring (bicyclic) bond motifs is 1. The maximum absolute atomic E-state index is 12.7. The molecule has 5 heteroatoms. The van der Waals surface area contributed by atoms with Crippen LogP contribution in [0.2, 0.25) is 0 Å². The molecule has 1 saturated heterocycles. The molecule has 1 aliphatic rings. The Labute approximate surface area is 140 Å². The molecule has 0 saturated carbocycles. The first-order chi connectivity index (χ1) is 11.7. The standard InChI is InChI=1S/C19H19N3O2/c1-14-6-5-10-21-13-17(20-18(14)21)19(23)22-11-9-16(12-22)24-15-7-3-2-4-8-15/h2-8,10,13,16H,9,11-12H2,1H3/t16-/m0/s1. The van der Waals surface area contributed by atoms with Crippen LogP contribution in [0.3, 0.4) is 0 Å². The lowest BCUT2D eigenvalue weighted by molar-refractivity contribution is 0.0767. The summed E-state index contributed by atoms with van der Waals surface area (Å²) < 4.78 is 7.85. The van der Waals surface area contributed by atoms with E-state index in [2.05, 4.69) is 4.98 Å². The predicted molar refractivity (Wildman–Crippen MR) is 91.3 cm³/mol. The summed E-state index contributed by atoms with van der Waals surface area (Å²) in [6.45, 7) is 3.29. The van der Waals surface area contributed by atoms with Crippen molar-refractivity contribution >= 4 is 11.6 Å². The number of nitrogens with zero attached hydrogens (tertiary/aromatic N) is 3. The van der Waals surface area contributed by atoms with E-state index in [1.807, 2.05) is 64.9 Å². The number of ether oxygens (including phenoxy) is 1. The SMILES string of the molecule is Cc1cccn2cc(C(=O)N3CC[C@H](Oc4ccccc4)C3)nc12. The molecule has 3 aromatic rings. The molecule has 0 radical (unpaired) electrons. The molecular formula is C19H19N3O2. The zero-order chi connectivity index (χ0) is 16.5. The molecule has 0 unspecified atom stereocenters. The van der Waals surface area contributed by atoms with Gasteiger partial charge >= 0.3 is 0 Å². The Bertz CT molecular complexity index is 873. The Morgan fingerprint density at radius 1 is 1.21 bits per heavy atom. The van der Waals surface area contributed by atoms with Crippen molar-refractivity contribution < 1.29 is 9.53 Å². The quantitative estimate of drug-likeness (QED) is 0.745. The Hall–Kier alpha value is -2.82. The molecule has 0 N–H and O–H groups in total. The summed E-state index contributed by atoms with van der Waals surface area (Å²) in [7, 11) is 0. The average Bonchev–Trinajstić information content (AvgIpc) is 3.23. The highest BCUT2D eigenvalue weighted by Crippen LogP contribution is 2.20. The van der Waals surface area contributed by atoms with Crippen LogP contribution in [0.1, 0.15) is 22.5 Å². The molecule has 5 nitrogen and oxygen atoms in total. The van der Waals surface area contributed by atoms with Gasteiger partial charge < -0.3 is 14.0 Å². The smallest absolute Gasteiger partial charge is 0.274 e. The molecule has 4 rings (SSSR count). The van der Waals surface area contributed by atoms with Crippen LogP contribution in [0.15, 0.2) is 54.9 Å². The summed E-state index contributed by atoms with van der Waals surface area (Å²) in [6, 6.07) is 13.7. The number of carbonyl (C=O) groups is 1. The lowest BCUT2D eigenvalue weighted by Crippen LogP contribution is -2.31. The number of rotatable bonds is 3. The summed E-state index contributed by atoms with van der Waals surface area (Å²) in [5.41, 5.74) is 2.38. The number of aryl methyl sites for hydroxylation is 1. The highest BCUT2D eigenvalue weighted by molar-refractivity contribution is 5.93. The minimum atomic E-state index is -0.0303. The van der Waals surface area contributed by atoms with Crippen LogP contribution in [0, 0.1) is 6.92 Å². The number of carbonyl (C=O) groups excluding carboxylic acids is 1. The largest absolute Gasteiger partial charge is 0.489 e. The maximum atomic E-state index is 12.7. The van der Waals surface area contributed by atoms with Crippen LogP contribution in [-0.2, 0) is 0 Å². The fraction of sp³-hybridized carbons (Fsp3) is 0.263. The summed E-state index contributed by atoms with van der Waals surface area (Å²) >= 11 is 0. The van der Waals surface area contributed by atoms with Crippen molar-refractivity contribution in [2.45, 2.75) is 19.4 Å². The van der Waals surface area contributed by atoms with Crippen LogP contribution in [0.25, 0.3) is 5.65 Å². The minimum Gasteiger partial charge on any atom is -0.489 e. The number of benzene rings is 1. The summed E-state index contributed by atoms with van der Waals surface area (Å²) in [6.07, 6.45) is 4.59. The topological polar surface area (TPSA) is 46.8 Å². The second kappa shape index (κ2) is 6.00. The van der Waals surface area contributed by atoms with Gasteiger partial charge in [0.1, 0.15) is 23.2 Å². The van der Waals surface area contributed by atoms with Crippen molar-refractivity contribution in [3.8, 4) is 5.75 Å². The maximum Gasteiger partial charge on any atom is 0.274 e. The molecule has 0 aliphatic carbocycles. The van der Waals surface area contributed by atoms with Crippen molar-refractivity contribution in [2.75, 3.05) is 13.1 Å². The van der Waals surface area contributed by atoms with Gasteiger partial charge in [0.15, 0.2) is 0 Å². The molecule has 1 atom stereocenters. The van der Waals surface area contributed by atoms with Crippen LogP contribution >= 0.6 is 0 Å². The van der Waals surface area contributed by atoms with Crippen molar-refractivity contribution in [2.24, 2.45) is 0 Å². The number of imidazole rings is 1. The van der Waals surface area contributed by atoms with E-state index in [9.17, 15) is 4.79 Å². The number of amides is 1. The Balaban J connectivity index is 1.48. The molecule has 0 spiro atoms. The lowest BCUT2D eigenvalue weighted by Gasteiger charge is -2.16. The average molecular weight is 321 g/mol.